The lowest BCUT2D eigenvalue weighted by Gasteiger charge is -2.21. The van der Waals surface area contributed by atoms with Crippen LogP contribution in [0.1, 0.15) is 36.5 Å². The zero-order valence-electron chi connectivity index (χ0n) is 13.8. The van der Waals surface area contributed by atoms with Gasteiger partial charge in [-0.15, -0.1) is 0 Å². The van der Waals surface area contributed by atoms with Crippen molar-refractivity contribution in [3.05, 3.63) is 65.2 Å². The Morgan fingerprint density at radius 1 is 1.09 bits per heavy atom. The zero-order valence-corrected chi connectivity index (χ0v) is 13.8. The van der Waals surface area contributed by atoms with Crippen molar-refractivity contribution in [1.82, 2.24) is 4.90 Å². The number of aryl methyl sites for hydroxylation is 1. The molecule has 2 rings (SSSR count). The van der Waals surface area contributed by atoms with Crippen LogP contribution in [0.3, 0.4) is 0 Å². The number of hydrogen-bond acceptors (Lipinski definition) is 1. The van der Waals surface area contributed by atoms with Gasteiger partial charge in [0.1, 0.15) is 0 Å². The van der Waals surface area contributed by atoms with Crippen molar-refractivity contribution in [3.8, 4) is 0 Å². The van der Waals surface area contributed by atoms with Crippen LogP contribution in [0.2, 0.25) is 0 Å². The Hall–Kier alpha value is -2.29. The summed E-state index contributed by atoms with van der Waals surface area (Å²) in [4.78, 5) is 14.2. The number of carbonyl (C=O) groups excluding carboxylic acids is 1. The van der Waals surface area contributed by atoms with Crippen LogP contribution >= 0.6 is 0 Å². The number of rotatable bonds is 4. The summed E-state index contributed by atoms with van der Waals surface area (Å²) in [5.74, 6) is 0.370. The second-order valence-electron chi connectivity index (χ2n) is 5.97. The summed E-state index contributed by atoms with van der Waals surface area (Å²) in [7, 11) is 1.82. The predicted octanol–water partition coefficient (Wildman–Crippen LogP) is 4.78. The van der Waals surface area contributed by atoms with Crippen LogP contribution in [0.5, 0.6) is 0 Å². The third-order valence-electron chi connectivity index (χ3n) is 3.77. The fraction of sp³-hybridized carbons (Fsp3) is 0.316. The summed E-state index contributed by atoms with van der Waals surface area (Å²) in [5.41, 5.74) is 4.31. The maximum absolute atomic E-state index is 12.5. The topological polar surface area (TPSA) is 32.3 Å². The van der Waals surface area contributed by atoms with Gasteiger partial charge >= 0.3 is 6.03 Å². The lowest BCUT2D eigenvalue weighted by molar-refractivity contribution is 0.220. The molecule has 0 heterocycles. The van der Waals surface area contributed by atoms with E-state index in [1.165, 1.54) is 5.56 Å². The van der Waals surface area contributed by atoms with Gasteiger partial charge in [-0.2, -0.15) is 0 Å². The maximum atomic E-state index is 12.5. The SMILES string of the molecule is Cc1cccc(C(C)C)c1NC(=O)N(C)Cc1ccccc1. The average molecular weight is 296 g/mol. The fourth-order valence-electron chi connectivity index (χ4n) is 2.47. The van der Waals surface area contributed by atoms with Gasteiger partial charge in [-0.05, 0) is 29.5 Å². The van der Waals surface area contributed by atoms with Crippen molar-refractivity contribution in [2.24, 2.45) is 0 Å². The van der Waals surface area contributed by atoms with Crippen LogP contribution in [0.4, 0.5) is 10.5 Å². The zero-order chi connectivity index (χ0) is 16.1. The van der Waals surface area contributed by atoms with Gasteiger partial charge in [-0.1, -0.05) is 62.4 Å². The molecule has 3 nitrogen and oxygen atoms in total. The van der Waals surface area contributed by atoms with Gasteiger partial charge in [0.05, 0.1) is 0 Å². The Labute approximate surface area is 133 Å². The van der Waals surface area contributed by atoms with Gasteiger partial charge in [0.25, 0.3) is 0 Å². The molecule has 0 aliphatic carbocycles. The number of nitrogens with zero attached hydrogens (tertiary/aromatic N) is 1. The molecule has 3 heteroatoms. The van der Waals surface area contributed by atoms with Crippen LogP contribution in [-0.4, -0.2) is 18.0 Å². The summed E-state index contributed by atoms with van der Waals surface area (Å²) in [5, 5.41) is 3.07. The maximum Gasteiger partial charge on any atom is 0.321 e. The Kier molecular flexibility index (Phi) is 5.21. The molecule has 2 aromatic rings. The van der Waals surface area contributed by atoms with Crippen LogP contribution in [0.15, 0.2) is 48.5 Å². The molecule has 0 radical (unpaired) electrons. The van der Waals surface area contributed by atoms with Crippen LogP contribution in [0, 0.1) is 6.92 Å². The van der Waals surface area contributed by atoms with Gasteiger partial charge in [-0.25, -0.2) is 4.79 Å². The predicted molar refractivity (Wildman–Crippen MR) is 92.2 cm³/mol. The number of nitrogens with one attached hydrogen (secondary N) is 1. The minimum atomic E-state index is -0.0833. The highest BCUT2D eigenvalue weighted by atomic mass is 16.2. The summed E-state index contributed by atoms with van der Waals surface area (Å²) in [6, 6.07) is 16.1. The van der Waals surface area contributed by atoms with Gasteiger partial charge in [0.2, 0.25) is 0 Å². The van der Waals surface area contributed by atoms with Crippen molar-refractivity contribution < 1.29 is 4.79 Å². The van der Waals surface area contributed by atoms with Crippen molar-refractivity contribution >= 4 is 11.7 Å². The molecule has 0 bridgehead atoms. The molecule has 2 amide bonds. The quantitative estimate of drug-likeness (QED) is 0.865. The van der Waals surface area contributed by atoms with Crippen molar-refractivity contribution in [3.63, 3.8) is 0 Å². The van der Waals surface area contributed by atoms with Gasteiger partial charge < -0.3 is 10.2 Å². The Balaban J connectivity index is 2.12. The average Bonchev–Trinajstić information content (AvgIpc) is 2.49. The number of para-hydroxylation sites is 1. The standard InChI is InChI=1S/C19H24N2O/c1-14(2)17-12-8-9-15(3)18(17)20-19(22)21(4)13-16-10-6-5-7-11-16/h5-12,14H,13H2,1-4H3,(H,20,22). The van der Waals surface area contributed by atoms with Crippen molar-refractivity contribution in [2.45, 2.75) is 33.2 Å². The highest BCUT2D eigenvalue weighted by Gasteiger charge is 2.14. The van der Waals surface area contributed by atoms with E-state index in [1.807, 2.05) is 56.4 Å². The second-order valence-corrected chi connectivity index (χ2v) is 5.97. The monoisotopic (exact) mass is 296 g/mol. The molecule has 2 aromatic carbocycles. The van der Waals surface area contributed by atoms with E-state index in [-0.39, 0.29) is 6.03 Å². The molecule has 1 N–H and O–H groups in total. The smallest absolute Gasteiger partial charge is 0.321 e. The summed E-state index contributed by atoms with van der Waals surface area (Å²) >= 11 is 0. The second kappa shape index (κ2) is 7.12. The molecular weight excluding hydrogens is 272 g/mol. The van der Waals surface area contributed by atoms with E-state index in [4.69, 9.17) is 0 Å². The number of carbonyl (C=O) groups is 1. The van der Waals surface area contributed by atoms with Gasteiger partial charge in [0.15, 0.2) is 0 Å². The molecule has 0 aliphatic rings. The molecule has 0 aromatic heterocycles. The molecule has 0 aliphatic heterocycles. The summed E-state index contributed by atoms with van der Waals surface area (Å²) in [6.07, 6.45) is 0. The lowest BCUT2D eigenvalue weighted by Crippen LogP contribution is -2.31. The molecule has 0 spiro atoms. The van der Waals surface area contributed by atoms with E-state index >= 15 is 0 Å². The van der Waals surface area contributed by atoms with Crippen molar-refractivity contribution in [2.75, 3.05) is 12.4 Å². The van der Waals surface area contributed by atoms with Gasteiger partial charge in [0, 0.05) is 19.3 Å². The fourth-order valence-corrected chi connectivity index (χ4v) is 2.47. The van der Waals surface area contributed by atoms with Crippen LogP contribution < -0.4 is 5.32 Å². The first-order valence-corrected chi connectivity index (χ1v) is 7.64. The molecule has 0 atom stereocenters. The third-order valence-corrected chi connectivity index (χ3v) is 3.77. The van der Waals surface area contributed by atoms with Gasteiger partial charge in [-0.3, -0.25) is 0 Å². The largest absolute Gasteiger partial charge is 0.323 e. The van der Waals surface area contributed by atoms with Crippen LogP contribution in [-0.2, 0) is 6.54 Å². The molecule has 0 saturated heterocycles. The normalized spacial score (nSPS) is 10.6. The van der Waals surface area contributed by atoms with Crippen molar-refractivity contribution in [1.29, 1.82) is 0 Å². The molecule has 0 saturated carbocycles. The number of urea groups is 1. The lowest BCUT2D eigenvalue weighted by atomic mass is 9.98. The summed E-state index contributed by atoms with van der Waals surface area (Å²) in [6.45, 7) is 6.89. The minimum absolute atomic E-state index is 0.0833. The molecule has 0 fully saturated rings. The first-order chi connectivity index (χ1) is 10.5. The van der Waals surface area contributed by atoms with E-state index in [1.54, 1.807) is 4.90 Å². The number of anilines is 1. The Morgan fingerprint density at radius 2 is 1.77 bits per heavy atom. The molecular formula is C19H24N2O. The van der Waals surface area contributed by atoms with E-state index < -0.39 is 0 Å². The molecule has 22 heavy (non-hydrogen) atoms. The Morgan fingerprint density at radius 3 is 2.41 bits per heavy atom. The van der Waals surface area contributed by atoms with E-state index in [0.717, 1.165) is 16.8 Å². The minimum Gasteiger partial charge on any atom is -0.323 e. The highest BCUT2D eigenvalue weighted by molar-refractivity contribution is 5.91. The van der Waals surface area contributed by atoms with E-state index in [9.17, 15) is 4.79 Å². The first kappa shape index (κ1) is 16.1. The number of benzene rings is 2. The highest BCUT2D eigenvalue weighted by Crippen LogP contribution is 2.27. The number of hydrogen-bond donors (Lipinski definition) is 1. The Bertz CT molecular complexity index is 635. The van der Waals surface area contributed by atoms with Crippen LogP contribution in [0.25, 0.3) is 0 Å². The van der Waals surface area contributed by atoms with E-state index in [2.05, 4.69) is 25.2 Å². The summed E-state index contributed by atoms with van der Waals surface area (Å²) < 4.78 is 0. The third kappa shape index (κ3) is 3.88. The van der Waals surface area contributed by atoms with E-state index in [0.29, 0.717) is 12.5 Å². The number of amides is 2. The molecule has 116 valence electrons. The first-order valence-electron chi connectivity index (χ1n) is 7.64. The molecule has 0 unspecified atom stereocenters.